The first kappa shape index (κ1) is 12.7. The largest absolute Gasteiger partial charge is 0.374 e. The third kappa shape index (κ3) is 4.00. The molecule has 0 aliphatic rings. The van der Waals surface area contributed by atoms with Crippen LogP contribution < -0.4 is 4.90 Å². The van der Waals surface area contributed by atoms with Crippen molar-refractivity contribution in [2.75, 3.05) is 24.2 Å². The molecule has 0 bridgehead atoms. The molecule has 0 unspecified atom stereocenters. The summed E-state index contributed by atoms with van der Waals surface area (Å²) in [5, 5.41) is 8.51. The average Bonchev–Trinajstić information content (AvgIpc) is 2.34. The van der Waals surface area contributed by atoms with E-state index in [4.69, 9.17) is 5.26 Å². The van der Waals surface area contributed by atoms with Crippen molar-refractivity contribution in [3.05, 3.63) is 35.9 Å². The third-order valence-electron chi connectivity index (χ3n) is 2.31. The Kier molecular flexibility index (Phi) is 5.52. The van der Waals surface area contributed by atoms with Crippen LogP contribution in [-0.4, -0.2) is 19.3 Å². The van der Waals surface area contributed by atoms with E-state index >= 15 is 0 Å². The topological polar surface area (TPSA) is 27.0 Å². The van der Waals surface area contributed by atoms with Gasteiger partial charge in [-0.25, -0.2) is 0 Å². The second-order valence-corrected chi connectivity index (χ2v) is 3.87. The van der Waals surface area contributed by atoms with E-state index in [1.54, 1.807) is 0 Å². The lowest BCUT2D eigenvalue weighted by Gasteiger charge is -2.17. The molecule has 3 heteroatoms. The molecule has 2 nitrogen and oxygen atoms in total. The van der Waals surface area contributed by atoms with Crippen molar-refractivity contribution in [3.63, 3.8) is 0 Å². The van der Waals surface area contributed by atoms with Gasteiger partial charge in [0.25, 0.3) is 0 Å². The lowest BCUT2D eigenvalue weighted by atomic mass is 10.2. The summed E-state index contributed by atoms with van der Waals surface area (Å²) in [6.45, 7) is 0.766. The summed E-state index contributed by atoms with van der Waals surface area (Å²) >= 11 is 4.12. The maximum Gasteiger partial charge on any atom is 0.0640 e. The Bertz CT molecular complexity index is 376. The zero-order chi connectivity index (χ0) is 11.8. The first-order chi connectivity index (χ1) is 7.77. The van der Waals surface area contributed by atoms with Crippen LogP contribution in [0.1, 0.15) is 12.0 Å². The molecule has 1 rings (SSSR count). The van der Waals surface area contributed by atoms with Gasteiger partial charge in [0.05, 0.1) is 12.5 Å². The molecule has 84 valence electrons. The Morgan fingerprint density at radius 1 is 1.38 bits per heavy atom. The molecule has 0 aliphatic carbocycles. The molecule has 0 saturated heterocycles. The Balaban J connectivity index is 2.64. The van der Waals surface area contributed by atoms with E-state index in [2.05, 4.69) is 47.9 Å². The molecule has 0 aromatic heterocycles. The van der Waals surface area contributed by atoms with Gasteiger partial charge in [0.15, 0.2) is 0 Å². The number of benzene rings is 1. The lowest BCUT2D eigenvalue weighted by Crippen LogP contribution is -2.17. The fourth-order valence-corrected chi connectivity index (χ4v) is 1.48. The van der Waals surface area contributed by atoms with Crippen LogP contribution in [-0.2, 0) is 0 Å². The van der Waals surface area contributed by atoms with E-state index in [1.807, 2.05) is 19.2 Å². The summed E-state index contributed by atoms with van der Waals surface area (Å²) in [4.78, 5) is 2.08. The van der Waals surface area contributed by atoms with Crippen molar-refractivity contribution in [1.82, 2.24) is 0 Å². The SMILES string of the molecule is CN(CCC#N)c1ccc(C=CCS)cc1. The first-order valence-electron chi connectivity index (χ1n) is 5.23. The Labute approximate surface area is 103 Å². The van der Waals surface area contributed by atoms with Gasteiger partial charge in [-0.2, -0.15) is 17.9 Å². The van der Waals surface area contributed by atoms with Crippen LogP contribution in [0.15, 0.2) is 30.3 Å². The third-order valence-corrected chi connectivity index (χ3v) is 2.52. The average molecular weight is 232 g/mol. The zero-order valence-corrected chi connectivity index (χ0v) is 10.3. The highest BCUT2D eigenvalue weighted by molar-refractivity contribution is 7.80. The van der Waals surface area contributed by atoms with E-state index in [9.17, 15) is 0 Å². The number of nitriles is 1. The van der Waals surface area contributed by atoms with Crippen LogP contribution in [0.5, 0.6) is 0 Å². The number of nitrogens with zero attached hydrogens (tertiary/aromatic N) is 2. The minimum absolute atomic E-state index is 0.553. The van der Waals surface area contributed by atoms with E-state index in [1.165, 1.54) is 5.56 Å². The van der Waals surface area contributed by atoms with Gasteiger partial charge in [-0.3, -0.25) is 0 Å². The standard InChI is InChI=1S/C13H16N2S/c1-15(10-3-9-14)13-7-5-12(6-8-13)4-2-11-16/h2,4-8,16H,3,10-11H2,1H3. The van der Waals surface area contributed by atoms with Crippen LogP contribution in [0.2, 0.25) is 0 Å². The first-order valence-corrected chi connectivity index (χ1v) is 5.86. The Morgan fingerprint density at radius 2 is 2.06 bits per heavy atom. The van der Waals surface area contributed by atoms with Gasteiger partial charge in [0, 0.05) is 25.0 Å². The minimum Gasteiger partial charge on any atom is -0.374 e. The molecule has 1 aromatic rings. The maximum atomic E-state index is 8.51. The highest BCUT2D eigenvalue weighted by atomic mass is 32.1. The molecule has 16 heavy (non-hydrogen) atoms. The second-order valence-electron chi connectivity index (χ2n) is 3.51. The minimum atomic E-state index is 0.553. The van der Waals surface area contributed by atoms with Gasteiger partial charge in [-0.1, -0.05) is 24.3 Å². The van der Waals surface area contributed by atoms with Crippen molar-refractivity contribution in [3.8, 4) is 6.07 Å². The predicted molar refractivity (Wildman–Crippen MR) is 72.8 cm³/mol. The van der Waals surface area contributed by atoms with Gasteiger partial charge >= 0.3 is 0 Å². The van der Waals surface area contributed by atoms with Gasteiger partial charge in [0.2, 0.25) is 0 Å². The van der Waals surface area contributed by atoms with Crippen LogP contribution in [0.3, 0.4) is 0 Å². The Morgan fingerprint density at radius 3 is 2.62 bits per heavy atom. The molecule has 0 saturated carbocycles. The lowest BCUT2D eigenvalue weighted by molar-refractivity contribution is 0.905. The monoisotopic (exact) mass is 232 g/mol. The molecular weight excluding hydrogens is 216 g/mol. The van der Waals surface area contributed by atoms with Crippen LogP contribution >= 0.6 is 12.6 Å². The van der Waals surface area contributed by atoms with Crippen molar-refractivity contribution < 1.29 is 0 Å². The molecule has 0 heterocycles. The normalized spacial score (nSPS) is 10.3. The molecule has 0 atom stereocenters. The summed E-state index contributed by atoms with van der Waals surface area (Å²) in [6, 6.07) is 10.4. The van der Waals surface area contributed by atoms with Gasteiger partial charge in [-0.05, 0) is 17.7 Å². The van der Waals surface area contributed by atoms with E-state index in [-0.39, 0.29) is 0 Å². The van der Waals surface area contributed by atoms with E-state index in [0.717, 1.165) is 18.0 Å². The molecular formula is C13H16N2S. The highest BCUT2D eigenvalue weighted by Crippen LogP contribution is 2.14. The fourth-order valence-electron chi connectivity index (χ4n) is 1.38. The van der Waals surface area contributed by atoms with Crippen LogP contribution in [0.25, 0.3) is 6.08 Å². The maximum absolute atomic E-state index is 8.51. The number of thiol groups is 1. The molecule has 0 N–H and O–H groups in total. The predicted octanol–water partition coefficient (Wildman–Crippen LogP) is 2.98. The molecule has 0 amide bonds. The second kappa shape index (κ2) is 6.97. The molecule has 0 spiro atoms. The van der Waals surface area contributed by atoms with Gasteiger partial charge in [-0.15, -0.1) is 0 Å². The van der Waals surface area contributed by atoms with Crippen molar-refractivity contribution in [1.29, 1.82) is 5.26 Å². The quantitative estimate of drug-likeness (QED) is 0.790. The number of anilines is 1. The molecule has 0 radical (unpaired) electrons. The summed E-state index contributed by atoms with van der Waals surface area (Å²) in [5.41, 5.74) is 2.31. The smallest absolute Gasteiger partial charge is 0.0640 e. The van der Waals surface area contributed by atoms with Gasteiger partial charge in [0.1, 0.15) is 0 Å². The summed E-state index contributed by atoms with van der Waals surface area (Å²) in [5.74, 6) is 0.754. The number of hydrogen-bond acceptors (Lipinski definition) is 3. The van der Waals surface area contributed by atoms with E-state index in [0.29, 0.717) is 6.42 Å². The van der Waals surface area contributed by atoms with E-state index < -0.39 is 0 Å². The number of rotatable bonds is 5. The summed E-state index contributed by atoms with van der Waals surface area (Å²) < 4.78 is 0. The highest BCUT2D eigenvalue weighted by Gasteiger charge is 1.98. The van der Waals surface area contributed by atoms with Crippen molar-refractivity contribution >= 4 is 24.4 Å². The zero-order valence-electron chi connectivity index (χ0n) is 9.43. The summed E-state index contributed by atoms with van der Waals surface area (Å²) in [7, 11) is 2.00. The molecule has 0 aliphatic heterocycles. The molecule has 1 aromatic carbocycles. The summed E-state index contributed by atoms with van der Waals surface area (Å²) in [6.07, 6.45) is 4.61. The van der Waals surface area contributed by atoms with Crippen LogP contribution in [0, 0.1) is 11.3 Å². The van der Waals surface area contributed by atoms with Crippen molar-refractivity contribution in [2.45, 2.75) is 6.42 Å². The Hall–Kier alpha value is -1.40. The fraction of sp³-hybridized carbons (Fsp3) is 0.308. The van der Waals surface area contributed by atoms with Crippen molar-refractivity contribution in [2.24, 2.45) is 0 Å². The van der Waals surface area contributed by atoms with Crippen LogP contribution in [0.4, 0.5) is 5.69 Å². The number of hydrogen-bond donors (Lipinski definition) is 1. The van der Waals surface area contributed by atoms with Gasteiger partial charge < -0.3 is 4.90 Å². The molecule has 0 fully saturated rings.